The molecule has 3 aromatic carbocycles. The van der Waals surface area contributed by atoms with Crippen LogP contribution in [0.25, 0.3) is 0 Å². The van der Waals surface area contributed by atoms with Crippen LogP contribution in [0.3, 0.4) is 0 Å². The van der Waals surface area contributed by atoms with Gasteiger partial charge in [-0.2, -0.15) is 0 Å². The molecule has 3 aromatic rings. The van der Waals surface area contributed by atoms with E-state index in [9.17, 15) is 24.0 Å². The van der Waals surface area contributed by atoms with E-state index in [4.69, 9.17) is 23.2 Å². The largest absolute Gasteiger partial charge is 0.338 e. The summed E-state index contributed by atoms with van der Waals surface area (Å²) >= 11 is 12.3. The molecule has 2 fully saturated rings. The Morgan fingerprint density at radius 3 is 2.50 bits per heavy atom. The highest BCUT2D eigenvalue weighted by Gasteiger charge is 2.39. The number of anilines is 1. The molecule has 0 spiro atoms. The third kappa shape index (κ3) is 6.37. The lowest BCUT2D eigenvalue weighted by molar-refractivity contribution is -0.136. The highest BCUT2D eigenvalue weighted by molar-refractivity contribution is 6.36. The molecule has 1 unspecified atom stereocenters. The fourth-order valence-corrected chi connectivity index (χ4v) is 6.46. The van der Waals surface area contributed by atoms with Crippen molar-refractivity contribution in [3.05, 3.63) is 98.0 Å². The van der Waals surface area contributed by atoms with E-state index >= 15 is 0 Å². The molecule has 9 nitrogen and oxygen atoms in total. The molecule has 3 aliphatic rings. The number of fused-ring (bicyclic) bond motifs is 1. The van der Waals surface area contributed by atoms with Crippen LogP contribution in [0.5, 0.6) is 0 Å². The van der Waals surface area contributed by atoms with E-state index in [1.807, 2.05) is 19.1 Å². The van der Waals surface area contributed by atoms with Crippen LogP contribution in [0, 0.1) is 24.7 Å². The Kier molecular flexibility index (Phi) is 8.85. The maximum atomic E-state index is 13.7. The fraction of sp³-hybridized carbons (Fsp3) is 0.286. The summed E-state index contributed by atoms with van der Waals surface area (Å²) in [6.07, 6.45) is 1.83. The maximum Gasteiger partial charge on any atom is 0.257 e. The number of imide groups is 1. The second-order valence-electron chi connectivity index (χ2n) is 11.7. The molecule has 2 saturated heterocycles. The van der Waals surface area contributed by atoms with Crippen LogP contribution >= 0.6 is 23.2 Å². The second kappa shape index (κ2) is 13.0. The Morgan fingerprint density at radius 2 is 1.74 bits per heavy atom. The predicted molar refractivity (Wildman–Crippen MR) is 174 cm³/mol. The minimum atomic E-state index is -0.683. The summed E-state index contributed by atoms with van der Waals surface area (Å²) in [7, 11) is 0. The van der Waals surface area contributed by atoms with E-state index < -0.39 is 17.9 Å². The molecular weight excluding hydrogens is 627 g/mol. The van der Waals surface area contributed by atoms with Gasteiger partial charge in [0.05, 0.1) is 21.8 Å². The number of benzene rings is 3. The zero-order valence-electron chi connectivity index (χ0n) is 25.0. The number of halogens is 2. The van der Waals surface area contributed by atoms with Gasteiger partial charge in [0.15, 0.2) is 0 Å². The lowest BCUT2D eigenvalue weighted by Gasteiger charge is -2.30. The first-order valence-corrected chi connectivity index (χ1v) is 15.8. The van der Waals surface area contributed by atoms with Gasteiger partial charge in [-0.3, -0.25) is 29.3 Å². The average Bonchev–Trinajstić information content (AvgIpc) is 3.38. The number of hydrogen-bond donors (Lipinski definition) is 2. The number of hydrogen-bond acceptors (Lipinski definition) is 5. The van der Waals surface area contributed by atoms with Crippen molar-refractivity contribution < 1.29 is 24.0 Å². The number of rotatable bonds is 4. The number of nitrogens with zero attached hydrogens (tertiary/aromatic N) is 2. The summed E-state index contributed by atoms with van der Waals surface area (Å²) in [6.45, 7) is 3.13. The zero-order chi connectivity index (χ0) is 32.5. The molecule has 3 heterocycles. The number of aryl methyl sites for hydroxylation is 1. The molecule has 6 rings (SSSR count). The number of carbonyl (C=O) groups excluding carboxylic acids is 5. The Bertz CT molecular complexity index is 1860. The van der Waals surface area contributed by atoms with Crippen LogP contribution in [0.1, 0.15) is 73.4 Å². The maximum absolute atomic E-state index is 13.7. The Hall–Kier alpha value is -4.65. The first kappa shape index (κ1) is 31.3. The molecule has 11 heteroatoms. The van der Waals surface area contributed by atoms with Gasteiger partial charge in [0.25, 0.3) is 17.7 Å². The van der Waals surface area contributed by atoms with Crippen molar-refractivity contribution in [2.45, 2.75) is 45.2 Å². The zero-order valence-corrected chi connectivity index (χ0v) is 26.5. The van der Waals surface area contributed by atoms with Gasteiger partial charge >= 0.3 is 0 Å². The third-order valence-electron chi connectivity index (χ3n) is 8.60. The monoisotopic (exact) mass is 656 g/mol. The van der Waals surface area contributed by atoms with E-state index in [2.05, 4.69) is 22.5 Å². The standard InChI is InChI=1S/C35H30Cl2N4O5/c1-20-5-10-29(38-32(43)25-18-23(36)8-9-28(25)37)26(17-20)34(45)40-15-13-21(14-16-40)6-7-22-3-2-4-24-27(22)19-41(35(24)46)30-11-12-31(42)39-33(30)44/h2-5,8-10,17-18,21,30H,11-16,19H2,1H3,(H,38,43)(H,39,42,44). The SMILES string of the molecule is Cc1ccc(NC(=O)c2cc(Cl)ccc2Cl)c(C(=O)N2CCC(C#Cc3cccc4c3CN(C3CCC(=O)NC3=O)C4=O)CC2)c1. The summed E-state index contributed by atoms with van der Waals surface area (Å²) in [5, 5.41) is 5.78. The van der Waals surface area contributed by atoms with E-state index in [0.29, 0.717) is 54.2 Å². The summed E-state index contributed by atoms with van der Waals surface area (Å²) in [5.74, 6) is 5.00. The average molecular weight is 658 g/mol. The molecule has 1 atom stereocenters. The lowest BCUT2D eigenvalue weighted by Crippen LogP contribution is -2.52. The Labute approximate surface area is 276 Å². The van der Waals surface area contributed by atoms with Crippen molar-refractivity contribution in [3.8, 4) is 11.8 Å². The second-order valence-corrected chi connectivity index (χ2v) is 12.5. The van der Waals surface area contributed by atoms with Crippen molar-refractivity contribution in [1.29, 1.82) is 0 Å². The highest BCUT2D eigenvalue weighted by atomic mass is 35.5. The first-order chi connectivity index (χ1) is 22.1. The Morgan fingerprint density at radius 1 is 0.957 bits per heavy atom. The summed E-state index contributed by atoms with van der Waals surface area (Å²) in [4.78, 5) is 67.1. The molecule has 0 radical (unpaired) electrons. The minimum absolute atomic E-state index is 0.0462. The molecule has 0 saturated carbocycles. The van der Waals surface area contributed by atoms with Crippen molar-refractivity contribution in [3.63, 3.8) is 0 Å². The van der Waals surface area contributed by atoms with Gasteiger partial charge in [0.2, 0.25) is 11.8 Å². The molecule has 0 aromatic heterocycles. The number of piperidine rings is 2. The normalized spacial score (nSPS) is 18.1. The van der Waals surface area contributed by atoms with E-state index in [1.54, 1.807) is 41.3 Å². The van der Waals surface area contributed by atoms with E-state index in [-0.39, 0.29) is 47.2 Å². The van der Waals surface area contributed by atoms with Crippen molar-refractivity contribution in [1.82, 2.24) is 15.1 Å². The molecule has 234 valence electrons. The topological polar surface area (TPSA) is 116 Å². The number of likely N-dealkylation sites (tertiary alicyclic amines) is 1. The van der Waals surface area contributed by atoms with E-state index in [1.165, 1.54) is 11.0 Å². The molecule has 46 heavy (non-hydrogen) atoms. The molecule has 2 N–H and O–H groups in total. The van der Waals surface area contributed by atoms with Gasteiger partial charge < -0.3 is 15.1 Å². The minimum Gasteiger partial charge on any atom is -0.338 e. The van der Waals surface area contributed by atoms with Crippen LogP contribution < -0.4 is 10.6 Å². The molecule has 5 amide bonds. The Balaban J connectivity index is 1.12. The third-order valence-corrected chi connectivity index (χ3v) is 9.17. The fourth-order valence-electron chi connectivity index (χ4n) is 6.09. The first-order valence-electron chi connectivity index (χ1n) is 15.0. The van der Waals surface area contributed by atoms with Gasteiger partial charge in [-0.1, -0.05) is 52.7 Å². The number of carbonyl (C=O) groups is 5. The van der Waals surface area contributed by atoms with Gasteiger partial charge in [0, 0.05) is 48.1 Å². The summed E-state index contributed by atoms with van der Waals surface area (Å²) in [6, 6.07) is 14.6. The van der Waals surface area contributed by atoms with Gasteiger partial charge in [-0.25, -0.2) is 0 Å². The summed E-state index contributed by atoms with van der Waals surface area (Å²) in [5.41, 5.74) is 3.91. The number of nitrogens with one attached hydrogen (secondary N) is 2. The van der Waals surface area contributed by atoms with Crippen LogP contribution in [0.4, 0.5) is 5.69 Å². The van der Waals surface area contributed by atoms with E-state index in [0.717, 1.165) is 16.7 Å². The van der Waals surface area contributed by atoms with Crippen molar-refractivity contribution >= 4 is 58.4 Å². The van der Waals surface area contributed by atoms with Gasteiger partial charge in [0.1, 0.15) is 6.04 Å². The molecule has 3 aliphatic heterocycles. The van der Waals surface area contributed by atoms with Crippen LogP contribution in [0.15, 0.2) is 54.6 Å². The molecular formula is C35H30Cl2N4O5. The van der Waals surface area contributed by atoms with Crippen LogP contribution in [-0.2, 0) is 16.1 Å². The lowest BCUT2D eigenvalue weighted by atomic mass is 9.95. The van der Waals surface area contributed by atoms with Crippen LogP contribution in [0.2, 0.25) is 10.0 Å². The van der Waals surface area contributed by atoms with Gasteiger partial charge in [-0.15, -0.1) is 0 Å². The van der Waals surface area contributed by atoms with Crippen molar-refractivity contribution in [2.24, 2.45) is 5.92 Å². The highest BCUT2D eigenvalue weighted by Crippen LogP contribution is 2.30. The molecule has 0 bridgehead atoms. The van der Waals surface area contributed by atoms with Gasteiger partial charge in [-0.05, 0) is 74.2 Å². The molecule has 0 aliphatic carbocycles. The summed E-state index contributed by atoms with van der Waals surface area (Å²) < 4.78 is 0. The van der Waals surface area contributed by atoms with Crippen LogP contribution in [-0.4, -0.2) is 58.5 Å². The smallest absolute Gasteiger partial charge is 0.257 e. The predicted octanol–water partition coefficient (Wildman–Crippen LogP) is 5.22. The van der Waals surface area contributed by atoms with Crippen molar-refractivity contribution in [2.75, 3.05) is 18.4 Å². The number of amides is 5. The quantitative estimate of drug-likeness (QED) is 0.295.